The average Bonchev–Trinajstić information content (AvgIpc) is 2.30. The third kappa shape index (κ3) is 5.45. The molecule has 0 saturated carbocycles. The van der Waals surface area contributed by atoms with Gasteiger partial charge in [0.25, 0.3) is 0 Å². The first-order chi connectivity index (χ1) is 8.61. The molecule has 1 aromatic rings. The van der Waals surface area contributed by atoms with Gasteiger partial charge in [-0.3, -0.25) is 0 Å². The van der Waals surface area contributed by atoms with E-state index >= 15 is 0 Å². The molecule has 0 bridgehead atoms. The molecule has 1 aromatic carbocycles. The van der Waals surface area contributed by atoms with Crippen LogP contribution in [0.4, 0.5) is 8.78 Å². The number of para-hydroxylation sites is 1. The lowest BCUT2D eigenvalue weighted by Gasteiger charge is -2.09. The Bertz CT molecular complexity index is 335. The summed E-state index contributed by atoms with van der Waals surface area (Å²) in [6.07, 6.45) is 1.71. The summed E-state index contributed by atoms with van der Waals surface area (Å²) in [5.41, 5.74) is 0. The van der Waals surface area contributed by atoms with Crippen LogP contribution in [0.1, 0.15) is 26.7 Å². The average molecular weight is 257 g/mol. The van der Waals surface area contributed by atoms with E-state index in [4.69, 9.17) is 4.74 Å². The highest BCUT2D eigenvalue weighted by Crippen LogP contribution is 2.20. The Labute approximate surface area is 107 Å². The minimum absolute atomic E-state index is 0.271. The van der Waals surface area contributed by atoms with Gasteiger partial charge in [0.15, 0.2) is 17.4 Å². The number of ether oxygens (including phenoxy) is 1. The minimum Gasteiger partial charge on any atom is -0.488 e. The molecule has 0 aromatic heterocycles. The van der Waals surface area contributed by atoms with E-state index in [0.717, 1.165) is 25.9 Å². The maximum Gasteiger partial charge on any atom is 0.190 e. The summed E-state index contributed by atoms with van der Waals surface area (Å²) in [7, 11) is 0. The fourth-order valence-corrected chi connectivity index (χ4v) is 1.54. The van der Waals surface area contributed by atoms with E-state index in [-0.39, 0.29) is 5.75 Å². The van der Waals surface area contributed by atoms with Gasteiger partial charge in [-0.1, -0.05) is 19.9 Å². The smallest absolute Gasteiger partial charge is 0.190 e. The molecule has 0 atom stereocenters. The fraction of sp³-hybridized carbons (Fsp3) is 0.571. The fourth-order valence-electron chi connectivity index (χ4n) is 1.54. The van der Waals surface area contributed by atoms with Crippen LogP contribution < -0.4 is 10.1 Å². The number of benzene rings is 1. The molecule has 0 aliphatic heterocycles. The highest BCUT2D eigenvalue weighted by molar-refractivity contribution is 5.25. The summed E-state index contributed by atoms with van der Waals surface area (Å²) < 4.78 is 31.5. The summed E-state index contributed by atoms with van der Waals surface area (Å²) in [5, 5.41) is 3.30. The molecule has 0 radical (unpaired) electrons. The van der Waals surface area contributed by atoms with Crippen LogP contribution in [0, 0.1) is 17.6 Å². The molecule has 18 heavy (non-hydrogen) atoms. The van der Waals surface area contributed by atoms with Gasteiger partial charge in [0, 0.05) is 0 Å². The van der Waals surface area contributed by atoms with Crippen molar-refractivity contribution in [2.75, 3.05) is 19.7 Å². The molecular weight excluding hydrogens is 236 g/mol. The first kappa shape index (κ1) is 14.9. The second kappa shape index (κ2) is 8.03. The Kier molecular flexibility index (Phi) is 6.65. The summed E-state index contributed by atoms with van der Waals surface area (Å²) in [6.45, 7) is 6.53. The van der Waals surface area contributed by atoms with Crippen LogP contribution in [-0.4, -0.2) is 19.7 Å². The molecule has 0 spiro atoms. The predicted octanol–water partition coefficient (Wildman–Crippen LogP) is 3.37. The Hall–Kier alpha value is -1.16. The van der Waals surface area contributed by atoms with Crippen molar-refractivity contribution in [3.63, 3.8) is 0 Å². The van der Waals surface area contributed by atoms with E-state index in [1.165, 1.54) is 18.2 Å². The van der Waals surface area contributed by atoms with Crippen molar-refractivity contribution < 1.29 is 13.5 Å². The molecular formula is C14H21F2NO. The standard InChI is InChI=1S/C14H21F2NO/c1-11(2)10-17-8-3-4-9-18-14-12(15)6-5-7-13(14)16/h5-7,11,17H,3-4,8-10H2,1-2H3. The molecule has 0 amide bonds. The van der Waals surface area contributed by atoms with Crippen molar-refractivity contribution in [1.82, 2.24) is 5.32 Å². The van der Waals surface area contributed by atoms with Gasteiger partial charge < -0.3 is 10.1 Å². The van der Waals surface area contributed by atoms with E-state index in [0.29, 0.717) is 12.5 Å². The molecule has 102 valence electrons. The summed E-state index contributed by atoms with van der Waals surface area (Å²) in [6, 6.07) is 3.72. The van der Waals surface area contributed by atoms with Crippen molar-refractivity contribution in [3.8, 4) is 5.75 Å². The molecule has 0 aliphatic rings. The van der Waals surface area contributed by atoms with Gasteiger partial charge in [0.05, 0.1) is 6.61 Å². The molecule has 4 heteroatoms. The maximum absolute atomic E-state index is 13.2. The van der Waals surface area contributed by atoms with Gasteiger partial charge in [-0.25, -0.2) is 8.78 Å². The zero-order chi connectivity index (χ0) is 13.4. The zero-order valence-electron chi connectivity index (χ0n) is 11.0. The van der Waals surface area contributed by atoms with Crippen LogP contribution in [0.2, 0.25) is 0 Å². The van der Waals surface area contributed by atoms with Crippen LogP contribution in [0.3, 0.4) is 0 Å². The number of rotatable bonds is 8. The Balaban J connectivity index is 2.14. The van der Waals surface area contributed by atoms with Crippen LogP contribution in [0.15, 0.2) is 18.2 Å². The summed E-state index contributed by atoms with van der Waals surface area (Å²) >= 11 is 0. The molecule has 0 aliphatic carbocycles. The van der Waals surface area contributed by atoms with E-state index in [1.54, 1.807) is 0 Å². The van der Waals surface area contributed by atoms with Crippen LogP contribution in [0.25, 0.3) is 0 Å². The molecule has 0 unspecified atom stereocenters. The van der Waals surface area contributed by atoms with Gasteiger partial charge in [-0.2, -0.15) is 0 Å². The van der Waals surface area contributed by atoms with Crippen molar-refractivity contribution in [2.24, 2.45) is 5.92 Å². The van der Waals surface area contributed by atoms with E-state index < -0.39 is 11.6 Å². The highest BCUT2D eigenvalue weighted by atomic mass is 19.1. The molecule has 1 rings (SSSR count). The van der Waals surface area contributed by atoms with E-state index in [1.807, 2.05) is 0 Å². The lowest BCUT2D eigenvalue weighted by molar-refractivity contribution is 0.276. The largest absolute Gasteiger partial charge is 0.488 e. The van der Waals surface area contributed by atoms with Crippen molar-refractivity contribution in [2.45, 2.75) is 26.7 Å². The normalized spacial score (nSPS) is 10.9. The zero-order valence-corrected chi connectivity index (χ0v) is 11.0. The van der Waals surface area contributed by atoms with Crippen molar-refractivity contribution >= 4 is 0 Å². The first-order valence-electron chi connectivity index (χ1n) is 6.38. The van der Waals surface area contributed by atoms with Gasteiger partial charge in [0.2, 0.25) is 0 Å². The van der Waals surface area contributed by atoms with Crippen molar-refractivity contribution in [1.29, 1.82) is 0 Å². The SMILES string of the molecule is CC(C)CNCCCCOc1c(F)cccc1F. The monoisotopic (exact) mass is 257 g/mol. The molecule has 0 saturated heterocycles. The number of hydrogen-bond acceptors (Lipinski definition) is 2. The first-order valence-corrected chi connectivity index (χ1v) is 6.38. The summed E-state index contributed by atoms with van der Waals surface area (Å²) in [4.78, 5) is 0. The van der Waals surface area contributed by atoms with E-state index in [2.05, 4.69) is 19.2 Å². The number of nitrogens with one attached hydrogen (secondary N) is 1. The molecule has 1 N–H and O–H groups in total. The van der Waals surface area contributed by atoms with Crippen LogP contribution in [0.5, 0.6) is 5.75 Å². The third-order valence-electron chi connectivity index (χ3n) is 2.47. The second-order valence-electron chi connectivity index (χ2n) is 4.70. The topological polar surface area (TPSA) is 21.3 Å². The Morgan fingerprint density at radius 1 is 1.17 bits per heavy atom. The van der Waals surface area contributed by atoms with Gasteiger partial charge >= 0.3 is 0 Å². The molecule has 0 fully saturated rings. The summed E-state index contributed by atoms with van der Waals surface area (Å²) in [5.74, 6) is -0.928. The molecule has 2 nitrogen and oxygen atoms in total. The second-order valence-corrected chi connectivity index (χ2v) is 4.70. The quantitative estimate of drug-likeness (QED) is 0.721. The van der Waals surface area contributed by atoms with Crippen LogP contribution >= 0.6 is 0 Å². The van der Waals surface area contributed by atoms with Gasteiger partial charge in [-0.15, -0.1) is 0 Å². The lowest BCUT2D eigenvalue weighted by atomic mass is 10.2. The Morgan fingerprint density at radius 3 is 2.44 bits per heavy atom. The predicted molar refractivity (Wildman–Crippen MR) is 68.8 cm³/mol. The Morgan fingerprint density at radius 2 is 1.83 bits per heavy atom. The number of unbranched alkanes of at least 4 members (excludes halogenated alkanes) is 1. The van der Waals surface area contributed by atoms with Gasteiger partial charge in [0.1, 0.15) is 0 Å². The minimum atomic E-state index is -0.645. The maximum atomic E-state index is 13.2. The number of halogens is 2. The third-order valence-corrected chi connectivity index (χ3v) is 2.47. The van der Waals surface area contributed by atoms with Gasteiger partial charge in [-0.05, 0) is 44.0 Å². The van der Waals surface area contributed by atoms with Crippen molar-refractivity contribution in [3.05, 3.63) is 29.8 Å². The molecule has 0 heterocycles. The highest BCUT2D eigenvalue weighted by Gasteiger charge is 2.08. The number of hydrogen-bond donors (Lipinski definition) is 1. The van der Waals surface area contributed by atoms with Crippen LogP contribution in [-0.2, 0) is 0 Å². The van der Waals surface area contributed by atoms with E-state index in [9.17, 15) is 8.78 Å². The lowest BCUT2D eigenvalue weighted by Crippen LogP contribution is -2.21.